The Morgan fingerprint density at radius 2 is 1.73 bits per heavy atom. The highest BCUT2D eigenvalue weighted by molar-refractivity contribution is 5.48. The van der Waals surface area contributed by atoms with Gasteiger partial charge >= 0.3 is 0 Å². The minimum atomic E-state index is 0.288. The van der Waals surface area contributed by atoms with Crippen LogP contribution in [0.15, 0.2) is 12.1 Å². The fourth-order valence-electron chi connectivity index (χ4n) is 2.11. The van der Waals surface area contributed by atoms with Crippen molar-refractivity contribution in [2.75, 3.05) is 14.2 Å². The Morgan fingerprint density at radius 1 is 1.13 bits per heavy atom. The maximum absolute atomic E-state index is 5.94. The molecular weight excluding hydrogens is 190 g/mol. The second-order valence-corrected chi connectivity index (χ2v) is 3.98. The summed E-state index contributed by atoms with van der Waals surface area (Å²) >= 11 is 0. The van der Waals surface area contributed by atoms with Crippen LogP contribution in [0.3, 0.4) is 0 Å². The van der Waals surface area contributed by atoms with Crippen molar-refractivity contribution in [3.8, 4) is 11.5 Å². The van der Waals surface area contributed by atoms with Crippen LogP contribution in [-0.2, 0) is 12.8 Å². The number of fused-ring (bicyclic) bond motifs is 1. The lowest BCUT2D eigenvalue weighted by Gasteiger charge is -2.22. The SMILES string of the molecule is COc1cc2c(cc1OC)C[C@H](N)CC2. The lowest BCUT2D eigenvalue weighted by molar-refractivity contribution is 0.353. The van der Waals surface area contributed by atoms with Gasteiger partial charge in [0.2, 0.25) is 0 Å². The van der Waals surface area contributed by atoms with Crippen LogP contribution in [0, 0.1) is 0 Å². The molecule has 1 aliphatic carbocycles. The van der Waals surface area contributed by atoms with Crippen LogP contribution in [0.2, 0.25) is 0 Å². The van der Waals surface area contributed by atoms with Gasteiger partial charge in [-0.05, 0) is 42.5 Å². The summed E-state index contributed by atoms with van der Waals surface area (Å²) in [5, 5.41) is 0. The van der Waals surface area contributed by atoms with Gasteiger partial charge in [-0.1, -0.05) is 0 Å². The molecule has 15 heavy (non-hydrogen) atoms. The monoisotopic (exact) mass is 207 g/mol. The van der Waals surface area contributed by atoms with E-state index in [9.17, 15) is 0 Å². The van der Waals surface area contributed by atoms with Gasteiger partial charge in [0.05, 0.1) is 14.2 Å². The molecule has 0 saturated heterocycles. The Hall–Kier alpha value is -1.22. The van der Waals surface area contributed by atoms with Crippen molar-refractivity contribution >= 4 is 0 Å². The van der Waals surface area contributed by atoms with E-state index < -0.39 is 0 Å². The van der Waals surface area contributed by atoms with Crippen LogP contribution in [0.1, 0.15) is 17.5 Å². The Labute approximate surface area is 90.2 Å². The highest BCUT2D eigenvalue weighted by atomic mass is 16.5. The van der Waals surface area contributed by atoms with Crippen molar-refractivity contribution in [3.05, 3.63) is 23.3 Å². The smallest absolute Gasteiger partial charge is 0.161 e. The topological polar surface area (TPSA) is 44.5 Å². The summed E-state index contributed by atoms with van der Waals surface area (Å²) in [5.41, 5.74) is 8.58. The summed E-state index contributed by atoms with van der Waals surface area (Å²) in [7, 11) is 3.33. The van der Waals surface area contributed by atoms with E-state index in [1.807, 2.05) is 6.07 Å². The van der Waals surface area contributed by atoms with Gasteiger partial charge in [-0.15, -0.1) is 0 Å². The zero-order valence-corrected chi connectivity index (χ0v) is 9.25. The predicted octanol–water partition coefficient (Wildman–Crippen LogP) is 1.52. The van der Waals surface area contributed by atoms with Gasteiger partial charge in [-0.3, -0.25) is 0 Å². The lowest BCUT2D eigenvalue weighted by atomic mass is 9.88. The van der Waals surface area contributed by atoms with Gasteiger partial charge in [0.1, 0.15) is 0 Å². The predicted molar refractivity (Wildman–Crippen MR) is 59.5 cm³/mol. The molecular formula is C12H17NO2. The van der Waals surface area contributed by atoms with Gasteiger partial charge in [0, 0.05) is 6.04 Å². The van der Waals surface area contributed by atoms with Crippen molar-refractivity contribution in [1.82, 2.24) is 0 Å². The van der Waals surface area contributed by atoms with Gasteiger partial charge in [-0.25, -0.2) is 0 Å². The third kappa shape index (κ3) is 1.92. The first-order valence-electron chi connectivity index (χ1n) is 5.24. The van der Waals surface area contributed by atoms with Crippen LogP contribution in [-0.4, -0.2) is 20.3 Å². The number of hydrogen-bond donors (Lipinski definition) is 1. The zero-order valence-electron chi connectivity index (χ0n) is 9.25. The fourth-order valence-corrected chi connectivity index (χ4v) is 2.11. The first-order chi connectivity index (χ1) is 7.24. The Morgan fingerprint density at radius 3 is 2.33 bits per heavy atom. The summed E-state index contributed by atoms with van der Waals surface area (Å²) in [6, 6.07) is 4.41. The molecule has 0 unspecified atom stereocenters. The van der Waals surface area contributed by atoms with Crippen molar-refractivity contribution in [1.29, 1.82) is 0 Å². The van der Waals surface area contributed by atoms with E-state index in [0.717, 1.165) is 30.8 Å². The molecule has 1 atom stereocenters. The molecule has 0 aliphatic heterocycles. The van der Waals surface area contributed by atoms with E-state index in [4.69, 9.17) is 15.2 Å². The number of benzene rings is 1. The van der Waals surface area contributed by atoms with Crippen molar-refractivity contribution in [3.63, 3.8) is 0 Å². The third-order valence-corrected chi connectivity index (χ3v) is 2.97. The number of hydrogen-bond acceptors (Lipinski definition) is 3. The first kappa shape index (κ1) is 10.3. The second-order valence-electron chi connectivity index (χ2n) is 3.98. The van der Waals surface area contributed by atoms with Crippen LogP contribution in [0.25, 0.3) is 0 Å². The van der Waals surface area contributed by atoms with E-state index in [2.05, 4.69) is 6.07 Å². The fraction of sp³-hybridized carbons (Fsp3) is 0.500. The third-order valence-electron chi connectivity index (χ3n) is 2.97. The van der Waals surface area contributed by atoms with Gasteiger partial charge < -0.3 is 15.2 Å². The van der Waals surface area contributed by atoms with Crippen LogP contribution >= 0.6 is 0 Å². The maximum atomic E-state index is 5.94. The van der Waals surface area contributed by atoms with Crippen LogP contribution < -0.4 is 15.2 Å². The van der Waals surface area contributed by atoms with E-state index in [-0.39, 0.29) is 6.04 Å². The molecule has 0 aromatic heterocycles. The summed E-state index contributed by atoms with van der Waals surface area (Å²) in [5.74, 6) is 1.61. The van der Waals surface area contributed by atoms with E-state index in [1.165, 1.54) is 11.1 Å². The van der Waals surface area contributed by atoms with Gasteiger partial charge in [0.15, 0.2) is 11.5 Å². The standard InChI is InChI=1S/C12H17NO2/c1-14-11-6-8-3-4-10(13)5-9(8)7-12(11)15-2/h6-7,10H,3-5,13H2,1-2H3/t10-/m1/s1. The number of aryl methyl sites for hydroxylation is 1. The highest BCUT2D eigenvalue weighted by Crippen LogP contribution is 2.33. The molecule has 0 bridgehead atoms. The molecule has 0 fully saturated rings. The molecule has 3 heteroatoms. The van der Waals surface area contributed by atoms with Gasteiger partial charge in [-0.2, -0.15) is 0 Å². The van der Waals surface area contributed by atoms with Crippen LogP contribution in [0.5, 0.6) is 11.5 Å². The molecule has 0 heterocycles. The van der Waals surface area contributed by atoms with Crippen LogP contribution in [0.4, 0.5) is 0 Å². The molecule has 1 aromatic rings. The maximum Gasteiger partial charge on any atom is 0.161 e. The van der Waals surface area contributed by atoms with Crippen molar-refractivity contribution in [2.24, 2.45) is 5.73 Å². The largest absolute Gasteiger partial charge is 0.493 e. The summed E-state index contributed by atoms with van der Waals surface area (Å²) in [4.78, 5) is 0. The Bertz CT molecular complexity index is 363. The second kappa shape index (κ2) is 4.11. The lowest BCUT2D eigenvalue weighted by Crippen LogP contribution is -2.27. The molecule has 3 nitrogen and oxygen atoms in total. The average molecular weight is 207 g/mol. The first-order valence-corrected chi connectivity index (χ1v) is 5.24. The van der Waals surface area contributed by atoms with Crippen molar-refractivity contribution < 1.29 is 9.47 Å². The number of methoxy groups -OCH3 is 2. The number of rotatable bonds is 2. The number of ether oxygens (including phenoxy) is 2. The minimum Gasteiger partial charge on any atom is -0.493 e. The molecule has 0 saturated carbocycles. The van der Waals surface area contributed by atoms with E-state index in [1.54, 1.807) is 14.2 Å². The van der Waals surface area contributed by atoms with E-state index in [0.29, 0.717) is 0 Å². The molecule has 1 aromatic carbocycles. The number of nitrogens with two attached hydrogens (primary N) is 1. The Balaban J connectivity index is 2.41. The molecule has 0 radical (unpaired) electrons. The summed E-state index contributed by atoms with van der Waals surface area (Å²) in [6.07, 6.45) is 3.04. The molecule has 0 amide bonds. The zero-order chi connectivity index (χ0) is 10.8. The quantitative estimate of drug-likeness (QED) is 0.799. The molecule has 1 aliphatic rings. The van der Waals surface area contributed by atoms with E-state index >= 15 is 0 Å². The summed E-state index contributed by atoms with van der Waals surface area (Å²) < 4.78 is 10.5. The Kier molecular flexibility index (Phi) is 2.82. The molecule has 0 spiro atoms. The molecule has 82 valence electrons. The summed E-state index contributed by atoms with van der Waals surface area (Å²) in [6.45, 7) is 0. The average Bonchev–Trinajstić information content (AvgIpc) is 2.27. The highest BCUT2D eigenvalue weighted by Gasteiger charge is 2.18. The van der Waals surface area contributed by atoms with Crippen molar-refractivity contribution in [2.45, 2.75) is 25.3 Å². The molecule has 2 N–H and O–H groups in total. The molecule has 2 rings (SSSR count). The normalized spacial score (nSPS) is 19.5. The van der Waals surface area contributed by atoms with Gasteiger partial charge in [0.25, 0.3) is 0 Å². The minimum absolute atomic E-state index is 0.288.